The predicted octanol–water partition coefficient (Wildman–Crippen LogP) is 2.97. The van der Waals surface area contributed by atoms with Crippen molar-refractivity contribution in [3.8, 4) is 17.0 Å². The quantitative estimate of drug-likeness (QED) is 0.909. The first-order chi connectivity index (χ1) is 9.08. The zero-order valence-corrected chi connectivity index (χ0v) is 13.0. The van der Waals surface area contributed by atoms with Crippen LogP contribution in [-0.4, -0.2) is 23.9 Å². The zero-order valence-electron chi connectivity index (χ0n) is 11.4. The summed E-state index contributed by atoms with van der Waals surface area (Å²) in [7, 11) is 1.68. The first kappa shape index (κ1) is 14.1. The Labute approximate surface area is 121 Å². The van der Waals surface area contributed by atoms with Gasteiger partial charge in [0.1, 0.15) is 11.4 Å². The lowest BCUT2D eigenvalue weighted by atomic mass is 10.0. The van der Waals surface area contributed by atoms with E-state index in [1.54, 1.807) is 7.11 Å². The van der Waals surface area contributed by atoms with Gasteiger partial charge in [0, 0.05) is 12.0 Å². The van der Waals surface area contributed by atoms with Gasteiger partial charge in [0.05, 0.1) is 17.3 Å². The second-order valence-corrected chi connectivity index (χ2v) is 5.36. The fourth-order valence-electron chi connectivity index (χ4n) is 2.23. The average molecular weight is 324 g/mol. The molecule has 2 rings (SSSR count). The highest BCUT2D eigenvalue weighted by Crippen LogP contribution is 2.38. The molecule has 2 aromatic rings. The molecule has 0 saturated carbocycles. The number of halogens is 1. The number of nitrogens with two attached hydrogens (primary N) is 1. The molecule has 0 saturated heterocycles. The molecular formula is C14H18BrN3O. The lowest BCUT2D eigenvalue weighted by Gasteiger charge is -2.11. The van der Waals surface area contributed by atoms with Crippen molar-refractivity contribution < 1.29 is 4.74 Å². The van der Waals surface area contributed by atoms with Crippen LogP contribution in [0.2, 0.25) is 0 Å². The molecule has 0 unspecified atom stereocenters. The summed E-state index contributed by atoms with van der Waals surface area (Å²) in [5.74, 6) is 0.837. The van der Waals surface area contributed by atoms with Crippen molar-refractivity contribution in [2.75, 3.05) is 13.7 Å². The first-order valence-electron chi connectivity index (χ1n) is 6.17. The number of aromatic amines is 1. The van der Waals surface area contributed by atoms with Crippen molar-refractivity contribution in [2.45, 2.75) is 20.3 Å². The molecular weight excluding hydrogens is 306 g/mol. The molecule has 19 heavy (non-hydrogen) atoms. The van der Waals surface area contributed by atoms with E-state index in [1.165, 1.54) is 5.56 Å². The van der Waals surface area contributed by atoms with Crippen molar-refractivity contribution in [3.63, 3.8) is 0 Å². The third-order valence-electron chi connectivity index (χ3n) is 3.07. The number of hydrogen-bond donors (Lipinski definition) is 2. The Morgan fingerprint density at radius 1 is 1.37 bits per heavy atom. The molecule has 0 amide bonds. The van der Waals surface area contributed by atoms with E-state index >= 15 is 0 Å². The van der Waals surface area contributed by atoms with E-state index < -0.39 is 0 Å². The van der Waals surface area contributed by atoms with Crippen molar-refractivity contribution in [2.24, 2.45) is 5.73 Å². The monoisotopic (exact) mass is 323 g/mol. The molecule has 0 aliphatic rings. The Morgan fingerprint density at radius 2 is 2.11 bits per heavy atom. The number of ether oxygens (including phenoxy) is 1. The van der Waals surface area contributed by atoms with Crippen molar-refractivity contribution in [3.05, 3.63) is 33.4 Å². The van der Waals surface area contributed by atoms with Gasteiger partial charge in [-0.1, -0.05) is 6.07 Å². The minimum absolute atomic E-state index is 0.588. The maximum atomic E-state index is 5.59. The lowest BCUT2D eigenvalue weighted by molar-refractivity contribution is 0.415. The van der Waals surface area contributed by atoms with Crippen molar-refractivity contribution in [1.82, 2.24) is 10.2 Å². The Morgan fingerprint density at radius 3 is 2.74 bits per heavy atom. The van der Waals surface area contributed by atoms with Crippen LogP contribution in [0.15, 0.2) is 16.6 Å². The molecule has 4 nitrogen and oxygen atoms in total. The van der Waals surface area contributed by atoms with Gasteiger partial charge in [0.15, 0.2) is 0 Å². The van der Waals surface area contributed by atoms with Crippen LogP contribution in [0.25, 0.3) is 11.3 Å². The van der Waals surface area contributed by atoms with Crippen LogP contribution in [0.3, 0.4) is 0 Å². The van der Waals surface area contributed by atoms with Crippen LogP contribution in [-0.2, 0) is 6.42 Å². The van der Waals surface area contributed by atoms with Gasteiger partial charge in [-0.05, 0) is 53.5 Å². The van der Waals surface area contributed by atoms with Crippen LogP contribution < -0.4 is 10.5 Å². The summed E-state index contributed by atoms with van der Waals surface area (Å²) in [5.41, 5.74) is 10.8. The summed E-state index contributed by atoms with van der Waals surface area (Å²) in [6.45, 7) is 4.71. The SMILES string of the molecule is COc1cc(C)cc(C)c1-c1n[nH]c(CCN)c1Br. The smallest absolute Gasteiger partial charge is 0.128 e. The highest BCUT2D eigenvalue weighted by atomic mass is 79.9. The highest BCUT2D eigenvalue weighted by molar-refractivity contribution is 9.10. The van der Waals surface area contributed by atoms with E-state index in [-0.39, 0.29) is 0 Å². The molecule has 3 N–H and O–H groups in total. The molecule has 1 aromatic heterocycles. The summed E-state index contributed by atoms with van der Waals surface area (Å²) < 4.78 is 6.45. The van der Waals surface area contributed by atoms with Crippen molar-refractivity contribution >= 4 is 15.9 Å². The number of methoxy groups -OCH3 is 1. The van der Waals surface area contributed by atoms with Gasteiger partial charge in [-0.3, -0.25) is 5.10 Å². The van der Waals surface area contributed by atoms with Crippen LogP contribution in [0, 0.1) is 13.8 Å². The fourth-order valence-corrected chi connectivity index (χ4v) is 2.81. The molecule has 0 atom stereocenters. The molecule has 0 fully saturated rings. The lowest BCUT2D eigenvalue weighted by Crippen LogP contribution is -2.03. The van der Waals surface area contributed by atoms with Crippen LogP contribution in [0.1, 0.15) is 16.8 Å². The Balaban J connectivity index is 2.58. The van der Waals surface area contributed by atoms with E-state index in [4.69, 9.17) is 10.5 Å². The molecule has 1 aromatic carbocycles. The second kappa shape index (κ2) is 5.75. The van der Waals surface area contributed by atoms with Crippen molar-refractivity contribution in [1.29, 1.82) is 0 Å². The highest BCUT2D eigenvalue weighted by Gasteiger charge is 2.18. The molecule has 0 aliphatic heterocycles. The number of hydrogen-bond acceptors (Lipinski definition) is 3. The zero-order chi connectivity index (χ0) is 14.0. The van der Waals surface area contributed by atoms with E-state index in [1.807, 2.05) is 6.07 Å². The Bertz CT molecular complexity index is 593. The number of aryl methyl sites for hydroxylation is 2. The Kier molecular flexibility index (Phi) is 4.27. The van der Waals surface area contributed by atoms with E-state index in [0.29, 0.717) is 6.54 Å². The number of nitrogens with one attached hydrogen (secondary N) is 1. The normalized spacial score (nSPS) is 10.8. The molecule has 0 bridgehead atoms. The number of nitrogens with zero attached hydrogens (tertiary/aromatic N) is 1. The summed E-state index contributed by atoms with van der Waals surface area (Å²) in [4.78, 5) is 0. The van der Waals surface area contributed by atoms with Gasteiger partial charge in [0.2, 0.25) is 0 Å². The maximum Gasteiger partial charge on any atom is 0.128 e. The van der Waals surface area contributed by atoms with Gasteiger partial charge < -0.3 is 10.5 Å². The van der Waals surface area contributed by atoms with Gasteiger partial charge >= 0.3 is 0 Å². The molecule has 1 heterocycles. The van der Waals surface area contributed by atoms with E-state index in [2.05, 4.69) is 46.0 Å². The van der Waals surface area contributed by atoms with E-state index in [0.717, 1.165) is 39.2 Å². The standard InChI is InChI=1S/C14H18BrN3O/c1-8-6-9(2)12(11(7-8)19-3)14-13(15)10(4-5-16)17-18-14/h6-7H,4-5,16H2,1-3H3,(H,17,18). The average Bonchev–Trinajstić information content (AvgIpc) is 2.71. The van der Waals surface area contributed by atoms with E-state index in [9.17, 15) is 0 Å². The number of benzene rings is 1. The molecule has 0 aliphatic carbocycles. The van der Waals surface area contributed by atoms with Gasteiger partial charge in [-0.25, -0.2) is 0 Å². The van der Waals surface area contributed by atoms with Crippen LogP contribution in [0.5, 0.6) is 5.75 Å². The third-order valence-corrected chi connectivity index (χ3v) is 3.92. The summed E-state index contributed by atoms with van der Waals surface area (Å²) in [6, 6.07) is 4.15. The minimum atomic E-state index is 0.588. The molecule has 0 spiro atoms. The van der Waals surface area contributed by atoms with Gasteiger partial charge in [0.25, 0.3) is 0 Å². The van der Waals surface area contributed by atoms with Crippen LogP contribution in [0.4, 0.5) is 0 Å². The number of rotatable bonds is 4. The topological polar surface area (TPSA) is 63.9 Å². The fraction of sp³-hybridized carbons (Fsp3) is 0.357. The maximum absolute atomic E-state index is 5.59. The van der Waals surface area contributed by atoms with Gasteiger partial charge in [-0.15, -0.1) is 0 Å². The number of aromatic nitrogens is 2. The largest absolute Gasteiger partial charge is 0.496 e. The minimum Gasteiger partial charge on any atom is -0.496 e. The Hall–Kier alpha value is -1.33. The van der Waals surface area contributed by atoms with Crippen LogP contribution >= 0.6 is 15.9 Å². The molecule has 5 heteroatoms. The summed E-state index contributed by atoms with van der Waals surface area (Å²) in [5, 5.41) is 7.43. The molecule has 102 valence electrons. The van der Waals surface area contributed by atoms with Gasteiger partial charge in [-0.2, -0.15) is 5.10 Å². The predicted molar refractivity (Wildman–Crippen MR) is 80.5 cm³/mol. The second-order valence-electron chi connectivity index (χ2n) is 4.56. The summed E-state index contributed by atoms with van der Waals surface area (Å²) >= 11 is 3.60. The molecule has 0 radical (unpaired) electrons. The number of H-pyrrole nitrogens is 1. The first-order valence-corrected chi connectivity index (χ1v) is 6.96. The summed E-state index contributed by atoms with van der Waals surface area (Å²) in [6.07, 6.45) is 0.765. The third kappa shape index (κ3) is 2.67.